The number of carbonyl (C=O) groups is 1. The zero-order valence-corrected chi connectivity index (χ0v) is 16.5. The molecular weight excluding hydrogens is 334 g/mol. The monoisotopic (exact) mass is 361 g/mol. The van der Waals surface area contributed by atoms with Crippen molar-refractivity contribution in [2.75, 3.05) is 20.6 Å². The molecule has 3 rings (SSSR count). The van der Waals surface area contributed by atoms with Gasteiger partial charge in [-0.2, -0.15) is 0 Å². The highest BCUT2D eigenvalue weighted by molar-refractivity contribution is 6.06. The van der Waals surface area contributed by atoms with Gasteiger partial charge in [-0.15, -0.1) is 0 Å². The van der Waals surface area contributed by atoms with Crippen LogP contribution in [0.15, 0.2) is 54.6 Å². The van der Waals surface area contributed by atoms with Gasteiger partial charge >= 0.3 is 0 Å². The molecule has 1 heterocycles. The summed E-state index contributed by atoms with van der Waals surface area (Å²) in [6, 6.07) is 18.5. The van der Waals surface area contributed by atoms with Crippen LogP contribution in [-0.4, -0.2) is 42.5 Å². The van der Waals surface area contributed by atoms with Crippen LogP contribution in [0.25, 0.3) is 10.9 Å². The first-order valence-electron chi connectivity index (χ1n) is 9.30. The molecule has 1 atom stereocenters. The third-order valence-electron chi connectivity index (χ3n) is 4.88. The number of benzene rings is 2. The van der Waals surface area contributed by atoms with Gasteiger partial charge in [-0.3, -0.25) is 9.78 Å². The molecule has 1 unspecified atom stereocenters. The lowest BCUT2D eigenvalue weighted by Gasteiger charge is -2.25. The predicted octanol–water partition coefficient (Wildman–Crippen LogP) is 3.75. The largest absolute Gasteiger partial charge is 0.350 e. The normalized spacial score (nSPS) is 12.3. The van der Waals surface area contributed by atoms with E-state index in [0.717, 1.165) is 28.6 Å². The molecule has 0 saturated carbocycles. The average Bonchev–Trinajstić information content (AvgIpc) is 2.65. The molecule has 3 aromatic rings. The maximum absolute atomic E-state index is 12.9. The number of pyridine rings is 1. The molecule has 2 aromatic carbocycles. The van der Waals surface area contributed by atoms with Gasteiger partial charge in [0.25, 0.3) is 5.91 Å². The molecule has 1 aromatic heterocycles. The van der Waals surface area contributed by atoms with E-state index in [1.807, 2.05) is 44.2 Å². The van der Waals surface area contributed by atoms with Crippen LogP contribution in [0.3, 0.4) is 0 Å². The lowest BCUT2D eigenvalue weighted by Crippen LogP contribution is -2.41. The Kier molecular flexibility index (Phi) is 5.87. The number of likely N-dealkylation sites (N-methyl/N-ethyl adjacent to an activating group) is 1. The Balaban J connectivity index is 1.78. The first kappa shape index (κ1) is 19.1. The van der Waals surface area contributed by atoms with Crippen LogP contribution >= 0.6 is 0 Å². The van der Waals surface area contributed by atoms with Crippen LogP contribution in [-0.2, 0) is 6.42 Å². The van der Waals surface area contributed by atoms with E-state index < -0.39 is 0 Å². The maximum atomic E-state index is 12.9. The fourth-order valence-corrected chi connectivity index (χ4v) is 3.29. The molecule has 0 aliphatic rings. The number of amides is 1. The molecule has 0 saturated heterocycles. The molecule has 0 radical (unpaired) electrons. The Bertz CT molecular complexity index is 935. The predicted molar refractivity (Wildman–Crippen MR) is 111 cm³/mol. The summed E-state index contributed by atoms with van der Waals surface area (Å²) in [6.07, 6.45) is 0.892. The Labute approximate surface area is 161 Å². The quantitative estimate of drug-likeness (QED) is 0.727. The summed E-state index contributed by atoms with van der Waals surface area (Å²) in [7, 11) is 4.10. The number of aryl methyl sites for hydroxylation is 2. The Morgan fingerprint density at radius 1 is 1.07 bits per heavy atom. The summed E-state index contributed by atoms with van der Waals surface area (Å²) in [5.74, 6) is -0.0454. The standard InChI is InChI=1S/C23H27N3O/c1-16-10-11-22-20(12-16)21(13-17(2)25-22)23(27)24-15-19(26(3)4)14-18-8-6-5-7-9-18/h5-13,19H,14-15H2,1-4H3,(H,24,27). The molecule has 1 N–H and O–H groups in total. The number of hydrogen-bond donors (Lipinski definition) is 1. The summed E-state index contributed by atoms with van der Waals surface area (Å²) in [4.78, 5) is 19.7. The van der Waals surface area contributed by atoms with Crippen molar-refractivity contribution < 1.29 is 4.79 Å². The minimum Gasteiger partial charge on any atom is -0.350 e. The maximum Gasteiger partial charge on any atom is 0.252 e. The summed E-state index contributed by atoms with van der Waals surface area (Å²) < 4.78 is 0. The van der Waals surface area contributed by atoms with Crippen molar-refractivity contribution in [2.45, 2.75) is 26.3 Å². The fourth-order valence-electron chi connectivity index (χ4n) is 3.29. The van der Waals surface area contributed by atoms with Crippen molar-refractivity contribution in [3.63, 3.8) is 0 Å². The van der Waals surface area contributed by atoms with E-state index in [2.05, 4.69) is 53.6 Å². The highest BCUT2D eigenvalue weighted by Gasteiger charge is 2.16. The fraction of sp³-hybridized carbons (Fsp3) is 0.304. The number of carbonyl (C=O) groups excluding carboxylic acids is 1. The highest BCUT2D eigenvalue weighted by atomic mass is 16.1. The van der Waals surface area contributed by atoms with Crippen molar-refractivity contribution in [3.05, 3.63) is 77.0 Å². The first-order valence-corrected chi connectivity index (χ1v) is 9.30. The highest BCUT2D eigenvalue weighted by Crippen LogP contribution is 2.20. The lowest BCUT2D eigenvalue weighted by atomic mass is 10.0. The number of fused-ring (bicyclic) bond motifs is 1. The number of rotatable bonds is 6. The van der Waals surface area contributed by atoms with Crippen molar-refractivity contribution in [1.82, 2.24) is 15.2 Å². The Morgan fingerprint density at radius 2 is 1.81 bits per heavy atom. The van der Waals surface area contributed by atoms with Gasteiger partial charge in [-0.25, -0.2) is 0 Å². The van der Waals surface area contributed by atoms with Gasteiger partial charge in [0.15, 0.2) is 0 Å². The summed E-state index contributed by atoms with van der Waals surface area (Å²) in [5.41, 5.74) is 4.80. The van der Waals surface area contributed by atoms with E-state index in [0.29, 0.717) is 12.1 Å². The zero-order chi connectivity index (χ0) is 19.4. The zero-order valence-electron chi connectivity index (χ0n) is 16.5. The third-order valence-corrected chi connectivity index (χ3v) is 4.88. The van der Waals surface area contributed by atoms with E-state index in [1.165, 1.54) is 5.56 Å². The van der Waals surface area contributed by atoms with E-state index in [4.69, 9.17) is 0 Å². The molecule has 1 amide bonds. The summed E-state index contributed by atoms with van der Waals surface area (Å²) in [6.45, 7) is 4.55. The van der Waals surface area contributed by atoms with Crippen LogP contribution in [0, 0.1) is 13.8 Å². The van der Waals surface area contributed by atoms with Crippen LogP contribution in [0.5, 0.6) is 0 Å². The molecule has 4 heteroatoms. The summed E-state index contributed by atoms with van der Waals surface area (Å²) >= 11 is 0. The smallest absolute Gasteiger partial charge is 0.252 e. The topological polar surface area (TPSA) is 45.2 Å². The Hall–Kier alpha value is -2.72. The van der Waals surface area contributed by atoms with E-state index in [9.17, 15) is 4.79 Å². The van der Waals surface area contributed by atoms with E-state index in [1.54, 1.807) is 0 Å². The van der Waals surface area contributed by atoms with Crippen LogP contribution in [0.1, 0.15) is 27.2 Å². The van der Waals surface area contributed by atoms with Gasteiger partial charge in [0.1, 0.15) is 0 Å². The van der Waals surface area contributed by atoms with Gasteiger partial charge in [0, 0.05) is 23.7 Å². The second kappa shape index (κ2) is 8.31. The average molecular weight is 361 g/mol. The number of nitrogens with one attached hydrogen (secondary N) is 1. The number of hydrogen-bond acceptors (Lipinski definition) is 3. The number of aromatic nitrogens is 1. The van der Waals surface area contributed by atoms with Gasteiger partial charge in [-0.05, 0) is 58.1 Å². The molecule has 140 valence electrons. The third kappa shape index (κ3) is 4.72. The van der Waals surface area contributed by atoms with Gasteiger partial charge in [0.2, 0.25) is 0 Å². The first-order chi connectivity index (χ1) is 12.9. The van der Waals surface area contributed by atoms with E-state index >= 15 is 0 Å². The van der Waals surface area contributed by atoms with Crippen LogP contribution in [0.4, 0.5) is 0 Å². The van der Waals surface area contributed by atoms with Gasteiger partial charge in [0.05, 0.1) is 11.1 Å². The molecule has 27 heavy (non-hydrogen) atoms. The minimum absolute atomic E-state index is 0.0454. The SMILES string of the molecule is Cc1ccc2nc(C)cc(C(=O)NCC(Cc3ccccc3)N(C)C)c2c1. The van der Waals surface area contributed by atoms with Crippen molar-refractivity contribution in [1.29, 1.82) is 0 Å². The molecular formula is C23H27N3O. The van der Waals surface area contributed by atoms with Gasteiger partial charge in [-0.1, -0.05) is 42.0 Å². The van der Waals surface area contributed by atoms with Crippen molar-refractivity contribution in [2.24, 2.45) is 0 Å². The molecule has 4 nitrogen and oxygen atoms in total. The van der Waals surface area contributed by atoms with Crippen molar-refractivity contribution >= 4 is 16.8 Å². The minimum atomic E-state index is -0.0454. The molecule has 0 bridgehead atoms. The molecule has 0 aliphatic carbocycles. The van der Waals surface area contributed by atoms with E-state index in [-0.39, 0.29) is 11.9 Å². The molecule has 0 aliphatic heterocycles. The summed E-state index contributed by atoms with van der Waals surface area (Å²) in [5, 5.41) is 4.04. The second-order valence-corrected chi connectivity index (χ2v) is 7.35. The van der Waals surface area contributed by atoms with Crippen LogP contribution < -0.4 is 5.32 Å². The Morgan fingerprint density at radius 3 is 2.52 bits per heavy atom. The van der Waals surface area contributed by atoms with Crippen LogP contribution in [0.2, 0.25) is 0 Å². The molecule has 0 spiro atoms. The molecule has 0 fully saturated rings. The van der Waals surface area contributed by atoms with Crippen molar-refractivity contribution in [3.8, 4) is 0 Å². The van der Waals surface area contributed by atoms with Gasteiger partial charge < -0.3 is 10.2 Å². The second-order valence-electron chi connectivity index (χ2n) is 7.35. The number of nitrogens with zero attached hydrogens (tertiary/aromatic N) is 2. The lowest BCUT2D eigenvalue weighted by molar-refractivity contribution is 0.0943.